The second-order valence-electron chi connectivity index (χ2n) is 4.21. The summed E-state index contributed by atoms with van der Waals surface area (Å²) in [4.78, 5) is 12.2. The maximum atomic E-state index is 13.4. The van der Waals surface area contributed by atoms with Gasteiger partial charge in [-0.1, -0.05) is 12.1 Å². The van der Waals surface area contributed by atoms with Gasteiger partial charge < -0.3 is 14.2 Å². The predicted octanol–water partition coefficient (Wildman–Crippen LogP) is 3.25. The van der Waals surface area contributed by atoms with Crippen molar-refractivity contribution in [2.24, 2.45) is 0 Å². The molecule has 0 amide bonds. The van der Waals surface area contributed by atoms with Crippen LogP contribution in [0.3, 0.4) is 0 Å². The van der Waals surface area contributed by atoms with E-state index < -0.39 is 5.97 Å². The Morgan fingerprint density at radius 1 is 1.19 bits per heavy atom. The lowest BCUT2D eigenvalue weighted by atomic mass is 10.3. The highest BCUT2D eigenvalue weighted by molar-refractivity contribution is 8.00. The first-order valence-corrected chi connectivity index (χ1v) is 7.18. The Morgan fingerprint density at radius 2 is 2.00 bits per heavy atom. The van der Waals surface area contributed by atoms with E-state index in [1.165, 1.54) is 6.07 Å². The van der Waals surface area contributed by atoms with Gasteiger partial charge in [0.25, 0.3) is 0 Å². The van der Waals surface area contributed by atoms with Crippen molar-refractivity contribution in [2.75, 3.05) is 12.5 Å². The fraction of sp³-hybridized carbons (Fsp3) is 0.133. The van der Waals surface area contributed by atoms with Crippen molar-refractivity contribution >= 4 is 17.7 Å². The lowest BCUT2D eigenvalue weighted by molar-refractivity contribution is -0.131. The Bertz CT molecular complexity index is 674. The summed E-state index contributed by atoms with van der Waals surface area (Å²) in [7, 11) is 0. The van der Waals surface area contributed by atoms with Crippen LogP contribution in [-0.2, 0) is 4.79 Å². The highest BCUT2D eigenvalue weighted by Gasteiger charge is 2.15. The third-order valence-corrected chi connectivity index (χ3v) is 3.78. The van der Waals surface area contributed by atoms with Gasteiger partial charge in [0.15, 0.2) is 11.5 Å². The summed E-state index contributed by atoms with van der Waals surface area (Å²) in [6.07, 6.45) is 0. The number of halogens is 1. The van der Waals surface area contributed by atoms with Crippen molar-refractivity contribution in [3.63, 3.8) is 0 Å². The molecule has 21 heavy (non-hydrogen) atoms. The molecule has 4 nitrogen and oxygen atoms in total. The third kappa shape index (κ3) is 3.28. The molecule has 0 aliphatic carbocycles. The molecule has 0 unspecified atom stereocenters. The van der Waals surface area contributed by atoms with E-state index in [-0.39, 0.29) is 18.4 Å². The molecule has 3 rings (SSSR count). The Hall–Kier alpha value is -2.21. The largest absolute Gasteiger partial charge is 0.454 e. The van der Waals surface area contributed by atoms with Crippen molar-refractivity contribution < 1.29 is 23.4 Å². The second kappa shape index (κ2) is 6.05. The molecule has 0 spiro atoms. The minimum Gasteiger partial charge on any atom is -0.454 e. The molecule has 0 N–H and O–H groups in total. The van der Waals surface area contributed by atoms with Crippen LogP contribution in [0, 0.1) is 5.82 Å². The van der Waals surface area contributed by atoms with E-state index in [9.17, 15) is 9.18 Å². The van der Waals surface area contributed by atoms with Gasteiger partial charge in [0, 0.05) is 11.0 Å². The number of hydrogen-bond acceptors (Lipinski definition) is 5. The molecule has 0 aromatic heterocycles. The van der Waals surface area contributed by atoms with Crippen molar-refractivity contribution in [1.29, 1.82) is 0 Å². The lowest BCUT2D eigenvalue weighted by Crippen LogP contribution is -2.10. The molecular formula is C15H11FO4S. The van der Waals surface area contributed by atoms with E-state index in [1.54, 1.807) is 36.4 Å². The Balaban J connectivity index is 1.58. The van der Waals surface area contributed by atoms with Crippen LogP contribution in [0.25, 0.3) is 0 Å². The zero-order valence-corrected chi connectivity index (χ0v) is 11.7. The van der Waals surface area contributed by atoms with Crippen LogP contribution in [0.1, 0.15) is 0 Å². The zero-order valence-electron chi connectivity index (χ0n) is 10.9. The van der Waals surface area contributed by atoms with Crippen molar-refractivity contribution in [3.05, 3.63) is 48.3 Å². The Kier molecular flexibility index (Phi) is 3.96. The van der Waals surface area contributed by atoms with Crippen LogP contribution in [0.4, 0.5) is 4.39 Å². The fourth-order valence-corrected chi connectivity index (χ4v) is 2.51. The van der Waals surface area contributed by atoms with Gasteiger partial charge >= 0.3 is 5.97 Å². The number of carbonyl (C=O) groups is 1. The van der Waals surface area contributed by atoms with Crippen LogP contribution in [0.15, 0.2) is 47.4 Å². The van der Waals surface area contributed by atoms with Crippen molar-refractivity contribution in [1.82, 2.24) is 0 Å². The Labute approximate surface area is 124 Å². The van der Waals surface area contributed by atoms with Gasteiger partial charge in [-0.05, 0) is 24.3 Å². The summed E-state index contributed by atoms with van der Waals surface area (Å²) >= 11 is 1.09. The number of ether oxygens (including phenoxy) is 3. The molecule has 0 saturated heterocycles. The van der Waals surface area contributed by atoms with Crippen molar-refractivity contribution in [3.8, 4) is 17.2 Å². The maximum absolute atomic E-state index is 13.4. The number of thioether (sulfide) groups is 1. The molecule has 0 bridgehead atoms. The Morgan fingerprint density at radius 3 is 2.86 bits per heavy atom. The predicted molar refractivity (Wildman–Crippen MR) is 75.3 cm³/mol. The van der Waals surface area contributed by atoms with E-state index >= 15 is 0 Å². The maximum Gasteiger partial charge on any atom is 0.321 e. The van der Waals surface area contributed by atoms with Gasteiger partial charge in [-0.15, -0.1) is 11.8 Å². The quantitative estimate of drug-likeness (QED) is 0.493. The van der Waals surface area contributed by atoms with Gasteiger partial charge in [0.05, 0.1) is 5.75 Å². The highest BCUT2D eigenvalue weighted by atomic mass is 32.2. The molecule has 1 aliphatic heterocycles. The second-order valence-corrected chi connectivity index (χ2v) is 5.23. The SMILES string of the molecule is O=C(CSc1ccccc1F)Oc1ccc2c(c1)OCO2. The first-order valence-electron chi connectivity index (χ1n) is 6.20. The van der Waals surface area contributed by atoms with E-state index in [1.807, 2.05) is 0 Å². The average molecular weight is 306 g/mol. The molecule has 0 atom stereocenters. The van der Waals surface area contributed by atoms with E-state index in [2.05, 4.69) is 0 Å². The molecule has 1 aliphatic rings. The molecule has 6 heteroatoms. The standard InChI is InChI=1S/C15H11FO4S/c16-11-3-1-2-4-14(11)21-8-15(17)20-10-5-6-12-13(7-10)19-9-18-12/h1-7H,8-9H2. The normalized spacial score (nSPS) is 12.2. The summed E-state index contributed by atoms with van der Waals surface area (Å²) < 4.78 is 29.0. The van der Waals surface area contributed by atoms with Gasteiger partial charge in [0.2, 0.25) is 6.79 Å². The molecule has 0 radical (unpaired) electrons. The fourth-order valence-electron chi connectivity index (χ4n) is 1.80. The van der Waals surface area contributed by atoms with Crippen LogP contribution >= 0.6 is 11.8 Å². The van der Waals surface area contributed by atoms with Gasteiger partial charge in [-0.2, -0.15) is 0 Å². The number of fused-ring (bicyclic) bond motifs is 1. The summed E-state index contributed by atoms with van der Waals surface area (Å²) in [5.41, 5.74) is 0. The highest BCUT2D eigenvalue weighted by Crippen LogP contribution is 2.35. The summed E-state index contributed by atoms with van der Waals surface area (Å²) in [6.45, 7) is 0.163. The minimum atomic E-state index is -0.456. The van der Waals surface area contributed by atoms with Crippen LogP contribution in [0.2, 0.25) is 0 Å². The number of carbonyl (C=O) groups excluding carboxylic acids is 1. The topological polar surface area (TPSA) is 44.8 Å². The third-order valence-electron chi connectivity index (χ3n) is 2.76. The van der Waals surface area contributed by atoms with Crippen LogP contribution < -0.4 is 14.2 Å². The number of rotatable bonds is 4. The molecular weight excluding hydrogens is 295 g/mol. The average Bonchev–Trinajstić information content (AvgIpc) is 2.94. The lowest BCUT2D eigenvalue weighted by Gasteiger charge is -2.05. The summed E-state index contributed by atoms with van der Waals surface area (Å²) in [5.74, 6) is 0.756. The first-order chi connectivity index (χ1) is 10.2. The molecule has 2 aromatic carbocycles. The smallest absolute Gasteiger partial charge is 0.321 e. The molecule has 0 saturated carbocycles. The van der Waals surface area contributed by atoms with Gasteiger partial charge in [-0.25, -0.2) is 4.39 Å². The van der Waals surface area contributed by atoms with Crippen molar-refractivity contribution in [2.45, 2.75) is 4.90 Å². The molecule has 0 fully saturated rings. The van der Waals surface area contributed by atoms with E-state index in [4.69, 9.17) is 14.2 Å². The number of benzene rings is 2. The van der Waals surface area contributed by atoms with Crippen LogP contribution in [0.5, 0.6) is 17.2 Å². The van der Waals surface area contributed by atoms with Gasteiger partial charge in [0.1, 0.15) is 11.6 Å². The molecule has 1 heterocycles. The van der Waals surface area contributed by atoms with Gasteiger partial charge in [-0.3, -0.25) is 4.79 Å². The molecule has 108 valence electrons. The summed E-state index contributed by atoms with van der Waals surface area (Å²) in [6, 6.07) is 11.2. The monoisotopic (exact) mass is 306 g/mol. The number of hydrogen-bond donors (Lipinski definition) is 0. The minimum absolute atomic E-state index is 0.0232. The van der Waals surface area contributed by atoms with Crippen LogP contribution in [-0.4, -0.2) is 18.5 Å². The molecule has 2 aromatic rings. The first kappa shape index (κ1) is 13.8. The summed E-state index contributed by atoms with van der Waals surface area (Å²) in [5, 5.41) is 0. The van der Waals surface area contributed by atoms with E-state index in [0.717, 1.165) is 11.8 Å². The zero-order chi connectivity index (χ0) is 14.7. The van der Waals surface area contributed by atoms with E-state index in [0.29, 0.717) is 22.1 Å². The number of esters is 1.